The maximum absolute atomic E-state index is 14.2. The van der Waals surface area contributed by atoms with Crippen LogP contribution in [0.1, 0.15) is 45.4 Å². The Kier molecular flexibility index (Phi) is 4.37. The van der Waals surface area contributed by atoms with Gasteiger partial charge in [0.05, 0.1) is 0 Å². The van der Waals surface area contributed by atoms with Crippen molar-refractivity contribution in [3.8, 4) is 0 Å². The van der Waals surface area contributed by atoms with Crippen LogP contribution in [0.2, 0.25) is 0 Å². The maximum atomic E-state index is 14.2. The third kappa shape index (κ3) is 3.61. The highest BCUT2D eigenvalue weighted by atomic mass is 19.3. The summed E-state index contributed by atoms with van der Waals surface area (Å²) in [4.78, 5) is 12.5. The molecule has 0 saturated heterocycles. The third-order valence-electron chi connectivity index (χ3n) is 3.87. The molecule has 0 radical (unpaired) electrons. The molecular formula is C15H20F3N5O. The van der Waals surface area contributed by atoms with Crippen molar-refractivity contribution in [3.05, 3.63) is 11.7 Å². The zero-order chi connectivity index (χ0) is 17.5. The molecule has 0 unspecified atom stereocenters. The van der Waals surface area contributed by atoms with Crippen molar-refractivity contribution in [1.82, 2.24) is 15.0 Å². The van der Waals surface area contributed by atoms with Crippen LogP contribution in [0.5, 0.6) is 0 Å². The number of hydrogen-bond donors (Lipinski definition) is 3. The summed E-state index contributed by atoms with van der Waals surface area (Å²) >= 11 is 0. The molecule has 132 valence electrons. The normalized spacial score (nSPS) is 23.5. The highest BCUT2D eigenvalue weighted by Crippen LogP contribution is 2.41. The molecule has 0 bridgehead atoms. The van der Waals surface area contributed by atoms with Gasteiger partial charge in [-0.3, -0.25) is 0 Å². The molecule has 1 aromatic heterocycles. The van der Waals surface area contributed by atoms with Gasteiger partial charge in [-0.2, -0.15) is 15.0 Å². The van der Waals surface area contributed by atoms with E-state index in [1.165, 1.54) is 0 Å². The van der Waals surface area contributed by atoms with Crippen molar-refractivity contribution in [2.24, 2.45) is 0 Å². The van der Waals surface area contributed by atoms with E-state index in [0.717, 1.165) is 12.8 Å². The topological polar surface area (TPSA) is 83.0 Å². The molecule has 9 heteroatoms. The molecule has 0 aliphatic heterocycles. The molecule has 1 atom stereocenters. The summed E-state index contributed by atoms with van der Waals surface area (Å²) in [5.74, 6) is -4.26. The standard InChI is InChI=1S/C15H20F3N5O/c1-7(2)19-13-21-12(22-14(23-13)20-8-3-4-8)9-5-6-15(17,18)11(24)10(9)16/h7-8,11,24H,3-6H2,1-2H3,(H2,19,20,21,22,23)/t11-/m0/s1. The van der Waals surface area contributed by atoms with Crippen LogP contribution in [0.15, 0.2) is 5.83 Å². The van der Waals surface area contributed by atoms with Crippen LogP contribution in [0.3, 0.4) is 0 Å². The van der Waals surface area contributed by atoms with Gasteiger partial charge in [0.2, 0.25) is 11.9 Å². The van der Waals surface area contributed by atoms with Gasteiger partial charge in [0, 0.05) is 24.1 Å². The van der Waals surface area contributed by atoms with Crippen LogP contribution < -0.4 is 10.6 Å². The number of nitrogens with one attached hydrogen (secondary N) is 2. The number of anilines is 2. The van der Waals surface area contributed by atoms with E-state index in [2.05, 4.69) is 25.6 Å². The molecule has 0 aromatic carbocycles. The Balaban J connectivity index is 1.97. The van der Waals surface area contributed by atoms with E-state index >= 15 is 0 Å². The Labute approximate surface area is 137 Å². The Morgan fingerprint density at radius 2 is 1.83 bits per heavy atom. The largest absolute Gasteiger partial charge is 0.380 e. The molecule has 1 aromatic rings. The lowest BCUT2D eigenvalue weighted by atomic mass is 9.92. The SMILES string of the molecule is CC(C)Nc1nc(NC2CC2)nc(C2=C(F)[C@H](O)C(F)(F)CC2)n1. The van der Waals surface area contributed by atoms with Gasteiger partial charge >= 0.3 is 0 Å². The second kappa shape index (κ2) is 6.19. The quantitative estimate of drug-likeness (QED) is 0.762. The number of halogens is 3. The van der Waals surface area contributed by atoms with Crippen molar-refractivity contribution < 1.29 is 18.3 Å². The lowest BCUT2D eigenvalue weighted by molar-refractivity contribution is -0.107. The van der Waals surface area contributed by atoms with Gasteiger partial charge in [0.25, 0.3) is 5.92 Å². The summed E-state index contributed by atoms with van der Waals surface area (Å²) in [6, 6.07) is 0.307. The fourth-order valence-corrected chi connectivity index (χ4v) is 2.43. The first kappa shape index (κ1) is 16.9. The van der Waals surface area contributed by atoms with Gasteiger partial charge in [0.15, 0.2) is 11.9 Å². The lowest BCUT2D eigenvalue weighted by Gasteiger charge is -2.27. The molecule has 0 amide bonds. The van der Waals surface area contributed by atoms with Crippen molar-refractivity contribution in [2.75, 3.05) is 10.6 Å². The molecule has 3 N–H and O–H groups in total. The number of aliphatic hydroxyl groups excluding tert-OH is 1. The Hall–Kier alpha value is -1.90. The summed E-state index contributed by atoms with van der Waals surface area (Å²) in [6.45, 7) is 3.78. The third-order valence-corrected chi connectivity index (χ3v) is 3.87. The second-order valence-electron chi connectivity index (χ2n) is 6.51. The first-order chi connectivity index (χ1) is 11.3. The van der Waals surface area contributed by atoms with Crippen LogP contribution in [0.4, 0.5) is 25.1 Å². The van der Waals surface area contributed by atoms with Crippen molar-refractivity contribution >= 4 is 17.5 Å². The first-order valence-corrected chi connectivity index (χ1v) is 8.00. The van der Waals surface area contributed by atoms with E-state index in [4.69, 9.17) is 0 Å². The second-order valence-corrected chi connectivity index (χ2v) is 6.51. The monoisotopic (exact) mass is 343 g/mol. The Bertz CT molecular complexity index is 638. The number of hydrogen-bond acceptors (Lipinski definition) is 6. The summed E-state index contributed by atoms with van der Waals surface area (Å²) in [6.07, 6.45) is -1.36. The molecule has 24 heavy (non-hydrogen) atoms. The summed E-state index contributed by atoms with van der Waals surface area (Å²) in [5.41, 5.74) is -0.0959. The van der Waals surface area contributed by atoms with Gasteiger partial charge < -0.3 is 15.7 Å². The van der Waals surface area contributed by atoms with E-state index in [9.17, 15) is 18.3 Å². The van der Waals surface area contributed by atoms with E-state index in [-0.39, 0.29) is 41.8 Å². The zero-order valence-electron chi connectivity index (χ0n) is 13.5. The van der Waals surface area contributed by atoms with Crippen molar-refractivity contribution in [1.29, 1.82) is 0 Å². The molecule has 2 aliphatic rings. The van der Waals surface area contributed by atoms with Crippen LogP contribution in [0.25, 0.3) is 5.57 Å². The summed E-state index contributed by atoms with van der Waals surface area (Å²) < 4.78 is 41.1. The number of rotatable bonds is 5. The fraction of sp³-hybridized carbons (Fsp3) is 0.667. The Morgan fingerprint density at radius 1 is 1.17 bits per heavy atom. The molecule has 1 fully saturated rings. The minimum absolute atomic E-state index is 0.0247. The number of alkyl halides is 2. The van der Waals surface area contributed by atoms with E-state index in [1.807, 2.05) is 13.8 Å². The molecule has 6 nitrogen and oxygen atoms in total. The lowest BCUT2D eigenvalue weighted by Crippen LogP contribution is -2.37. The van der Waals surface area contributed by atoms with Crippen molar-refractivity contribution in [3.63, 3.8) is 0 Å². The van der Waals surface area contributed by atoms with Crippen LogP contribution >= 0.6 is 0 Å². The number of aromatic nitrogens is 3. The molecule has 0 spiro atoms. The van der Waals surface area contributed by atoms with Crippen LogP contribution in [0, 0.1) is 0 Å². The minimum Gasteiger partial charge on any atom is -0.380 e. The summed E-state index contributed by atoms with van der Waals surface area (Å²) in [5, 5.41) is 15.6. The van der Waals surface area contributed by atoms with Gasteiger partial charge in [-0.25, -0.2) is 13.2 Å². The molecule has 1 heterocycles. The van der Waals surface area contributed by atoms with Gasteiger partial charge in [0.1, 0.15) is 5.83 Å². The van der Waals surface area contributed by atoms with Crippen LogP contribution in [-0.4, -0.2) is 44.2 Å². The van der Waals surface area contributed by atoms with Gasteiger partial charge in [-0.05, 0) is 33.1 Å². The smallest absolute Gasteiger partial charge is 0.280 e. The molecule has 3 rings (SSSR count). The predicted molar refractivity (Wildman–Crippen MR) is 83.4 cm³/mol. The van der Waals surface area contributed by atoms with E-state index in [1.54, 1.807) is 0 Å². The van der Waals surface area contributed by atoms with E-state index in [0.29, 0.717) is 0 Å². The maximum Gasteiger partial charge on any atom is 0.280 e. The molecule has 2 aliphatic carbocycles. The predicted octanol–water partition coefficient (Wildman–Crippen LogP) is 2.74. The number of aliphatic hydroxyl groups is 1. The molecule has 1 saturated carbocycles. The Morgan fingerprint density at radius 3 is 2.46 bits per heavy atom. The highest BCUT2D eigenvalue weighted by Gasteiger charge is 2.46. The number of allylic oxidation sites excluding steroid dienone is 1. The molecular weight excluding hydrogens is 323 g/mol. The average Bonchev–Trinajstić information content (AvgIpc) is 3.28. The minimum atomic E-state index is -3.48. The first-order valence-electron chi connectivity index (χ1n) is 8.00. The average molecular weight is 343 g/mol. The van der Waals surface area contributed by atoms with E-state index < -0.39 is 24.3 Å². The summed E-state index contributed by atoms with van der Waals surface area (Å²) in [7, 11) is 0. The van der Waals surface area contributed by atoms with Gasteiger partial charge in [-0.15, -0.1) is 0 Å². The van der Waals surface area contributed by atoms with Gasteiger partial charge in [-0.1, -0.05) is 0 Å². The zero-order valence-corrected chi connectivity index (χ0v) is 13.5. The fourth-order valence-electron chi connectivity index (χ4n) is 2.43. The highest BCUT2D eigenvalue weighted by molar-refractivity contribution is 5.66. The van der Waals surface area contributed by atoms with Crippen LogP contribution in [-0.2, 0) is 0 Å². The number of nitrogens with zero attached hydrogens (tertiary/aromatic N) is 3. The van der Waals surface area contributed by atoms with Crippen molar-refractivity contribution in [2.45, 2.75) is 63.6 Å².